The minimum atomic E-state index is 0.0674. The van der Waals surface area contributed by atoms with Gasteiger partial charge in [0.2, 0.25) is 0 Å². The normalized spacial score (nSPS) is 16.6. The zero-order chi connectivity index (χ0) is 12.5. The van der Waals surface area contributed by atoms with Crippen LogP contribution < -0.4 is 5.32 Å². The molecule has 92 valence electrons. The van der Waals surface area contributed by atoms with Gasteiger partial charge in [-0.15, -0.1) is 0 Å². The highest BCUT2D eigenvalue weighted by atomic mass is 127. The molecule has 1 fully saturated rings. The molecule has 0 atom stereocenters. The third-order valence-corrected chi connectivity index (χ3v) is 4.64. The van der Waals surface area contributed by atoms with Crippen molar-refractivity contribution in [3.8, 4) is 0 Å². The van der Waals surface area contributed by atoms with E-state index in [2.05, 4.69) is 34.8 Å². The highest BCUT2D eigenvalue weighted by Gasteiger charge is 2.40. The second kappa shape index (κ2) is 4.96. The van der Waals surface area contributed by atoms with E-state index in [1.165, 1.54) is 12.8 Å². The molecule has 0 bridgehead atoms. The fourth-order valence-corrected chi connectivity index (χ4v) is 2.59. The van der Waals surface area contributed by atoms with Gasteiger partial charge in [0.05, 0.1) is 5.56 Å². The van der Waals surface area contributed by atoms with E-state index >= 15 is 0 Å². The van der Waals surface area contributed by atoms with Crippen LogP contribution in [0.2, 0.25) is 0 Å². The van der Waals surface area contributed by atoms with E-state index in [1.54, 1.807) is 0 Å². The molecule has 1 aromatic rings. The zero-order valence-corrected chi connectivity index (χ0v) is 12.5. The predicted molar refractivity (Wildman–Crippen MR) is 78.2 cm³/mol. The van der Waals surface area contributed by atoms with Gasteiger partial charge in [0.25, 0.3) is 5.91 Å². The number of aryl methyl sites for hydroxylation is 1. The molecule has 0 unspecified atom stereocenters. The van der Waals surface area contributed by atoms with E-state index in [0.29, 0.717) is 5.41 Å². The van der Waals surface area contributed by atoms with Gasteiger partial charge in [0, 0.05) is 10.1 Å². The minimum Gasteiger partial charge on any atom is -0.351 e. The predicted octanol–water partition coefficient (Wildman–Crippen LogP) is 3.52. The van der Waals surface area contributed by atoms with Crippen LogP contribution in [0.1, 0.15) is 42.1 Å². The average molecular weight is 343 g/mol. The lowest BCUT2D eigenvalue weighted by Crippen LogP contribution is -2.30. The van der Waals surface area contributed by atoms with Crippen molar-refractivity contribution in [1.82, 2.24) is 5.32 Å². The van der Waals surface area contributed by atoms with Crippen molar-refractivity contribution in [2.75, 3.05) is 6.54 Å². The fraction of sp³-hybridized carbons (Fsp3) is 0.500. The maximum atomic E-state index is 12.1. The molecule has 1 N–H and O–H groups in total. The van der Waals surface area contributed by atoms with Crippen LogP contribution in [-0.2, 0) is 0 Å². The summed E-state index contributed by atoms with van der Waals surface area (Å²) in [6.45, 7) is 5.04. The molecule has 1 saturated carbocycles. The largest absolute Gasteiger partial charge is 0.351 e. The van der Waals surface area contributed by atoms with Gasteiger partial charge < -0.3 is 5.32 Å². The molecular weight excluding hydrogens is 325 g/mol. The highest BCUT2D eigenvalue weighted by Crippen LogP contribution is 2.47. The van der Waals surface area contributed by atoms with Gasteiger partial charge in [0.15, 0.2) is 0 Å². The molecule has 0 heterocycles. The summed E-state index contributed by atoms with van der Waals surface area (Å²) in [6, 6.07) is 5.99. The number of hydrogen-bond acceptors (Lipinski definition) is 1. The maximum absolute atomic E-state index is 12.1. The molecule has 1 aliphatic carbocycles. The van der Waals surface area contributed by atoms with Crippen LogP contribution in [0.3, 0.4) is 0 Å². The van der Waals surface area contributed by atoms with Gasteiger partial charge in [-0.2, -0.15) is 0 Å². The number of benzene rings is 1. The van der Waals surface area contributed by atoms with E-state index in [9.17, 15) is 4.79 Å². The Balaban J connectivity index is 2.02. The van der Waals surface area contributed by atoms with E-state index in [1.807, 2.05) is 25.1 Å². The van der Waals surface area contributed by atoms with Crippen LogP contribution in [0.5, 0.6) is 0 Å². The Hall–Kier alpha value is -0.580. The third-order valence-electron chi connectivity index (χ3n) is 3.70. The lowest BCUT2D eigenvalue weighted by Gasteiger charge is -2.14. The molecule has 0 spiro atoms. The van der Waals surface area contributed by atoms with Gasteiger partial charge in [-0.1, -0.05) is 18.6 Å². The van der Waals surface area contributed by atoms with Gasteiger partial charge in [0.1, 0.15) is 0 Å². The summed E-state index contributed by atoms with van der Waals surface area (Å²) in [5, 5.41) is 3.08. The van der Waals surface area contributed by atoms with Crippen molar-refractivity contribution in [2.24, 2.45) is 5.41 Å². The lowest BCUT2D eigenvalue weighted by molar-refractivity contribution is 0.0943. The number of rotatable bonds is 4. The minimum absolute atomic E-state index is 0.0674. The van der Waals surface area contributed by atoms with Crippen LogP contribution in [0.15, 0.2) is 18.2 Å². The van der Waals surface area contributed by atoms with Crippen molar-refractivity contribution < 1.29 is 4.79 Å². The summed E-state index contributed by atoms with van der Waals surface area (Å²) in [5.41, 5.74) is 2.34. The lowest BCUT2D eigenvalue weighted by atomic mass is 10.0. The van der Waals surface area contributed by atoms with Crippen molar-refractivity contribution >= 4 is 28.5 Å². The molecule has 1 amide bonds. The summed E-state index contributed by atoms with van der Waals surface area (Å²) < 4.78 is 1.02. The van der Waals surface area contributed by atoms with Crippen LogP contribution in [0, 0.1) is 15.9 Å². The number of carbonyl (C=O) groups is 1. The number of amides is 1. The molecule has 0 radical (unpaired) electrons. The van der Waals surface area contributed by atoms with Crippen molar-refractivity contribution in [1.29, 1.82) is 0 Å². The second-order valence-corrected chi connectivity index (χ2v) is 6.18. The van der Waals surface area contributed by atoms with E-state index in [-0.39, 0.29) is 5.91 Å². The molecule has 17 heavy (non-hydrogen) atoms. The van der Waals surface area contributed by atoms with Crippen molar-refractivity contribution in [2.45, 2.75) is 33.1 Å². The Morgan fingerprint density at radius 2 is 2.18 bits per heavy atom. The number of halogens is 1. The topological polar surface area (TPSA) is 29.1 Å². The third kappa shape index (κ3) is 3.00. The van der Waals surface area contributed by atoms with Gasteiger partial charge in [-0.3, -0.25) is 4.79 Å². The van der Waals surface area contributed by atoms with Crippen molar-refractivity contribution in [3.63, 3.8) is 0 Å². The van der Waals surface area contributed by atoms with E-state index < -0.39 is 0 Å². The first-order chi connectivity index (χ1) is 8.06. The first-order valence-electron chi connectivity index (χ1n) is 6.11. The highest BCUT2D eigenvalue weighted by molar-refractivity contribution is 14.1. The van der Waals surface area contributed by atoms with Crippen LogP contribution in [0.25, 0.3) is 0 Å². The zero-order valence-electron chi connectivity index (χ0n) is 10.3. The van der Waals surface area contributed by atoms with Crippen LogP contribution in [-0.4, -0.2) is 12.5 Å². The maximum Gasteiger partial charge on any atom is 0.252 e. The molecule has 3 heteroatoms. The Kier molecular flexibility index (Phi) is 3.76. The molecule has 0 aliphatic heterocycles. The van der Waals surface area contributed by atoms with E-state index in [4.69, 9.17) is 0 Å². The fourth-order valence-electron chi connectivity index (χ4n) is 2.01. The Morgan fingerprint density at radius 1 is 1.47 bits per heavy atom. The van der Waals surface area contributed by atoms with Crippen LogP contribution >= 0.6 is 22.6 Å². The first-order valence-corrected chi connectivity index (χ1v) is 7.18. The van der Waals surface area contributed by atoms with E-state index in [0.717, 1.165) is 27.7 Å². The van der Waals surface area contributed by atoms with Gasteiger partial charge in [-0.25, -0.2) is 0 Å². The van der Waals surface area contributed by atoms with Gasteiger partial charge in [-0.05, 0) is 66.3 Å². The second-order valence-electron chi connectivity index (χ2n) is 5.02. The SMILES string of the molecule is CCC1(CNC(=O)c2cc(C)ccc2I)CC1. The standard InChI is InChI=1S/C14H18INO/c1-3-14(6-7-14)9-16-13(17)11-8-10(2)4-5-12(11)15/h4-5,8H,3,6-7,9H2,1-2H3,(H,16,17). The summed E-state index contributed by atoms with van der Waals surface area (Å²) in [5.74, 6) is 0.0674. The Morgan fingerprint density at radius 3 is 2.76 bits per heavy atom. The summed E-state index contributed by atoms with van der Waals surface area (Å²) in [6.07, 6.45) is 3.68. The Bertz CT molecular complexity index is 438. The number of carbonyl (C=O) groups excluding carboxylic acids is 1. The van der Waals surface area contributed by atoms with Gasteiger partial charge >= 0.3 is 0 Å². The quantitative estimate of drug-likeness (QED) is 0.833. The summed E-state index contributed by atoms with van der Waals surface area (Å²) in [4.78, 5) is 12.1. The molecule has 0 aromatic heterocycles. The summed E-state index contributed by atoms with van der Waals surface area (Å²) >= 11 is 2.22. The monoisotopic (exact) mass is 343 g/mol. The number of hydrogen-bond donors (Lipinski definition) is 1. The average Bonchev–Trinajstić information content (AvgIpc) is 3.10. The molecule has 0 saturated heterocycles. The molecule has 2 nitrogen and oxygen atoms in total. The number of nitrogens with one attached hydrogen (secondary N) is 1. The smallest absolute Gasteiger partial charge is 0.252 e. The van der Waals surface area contributed by atoms with Crippen molar-refractivity contribution in [3.05, 3.63) is 32.9 Å². The molecule has 2 rings (SSSR count). The van der Waals surface area contributed by atoms with Crippen LogP contribution in [0.4, 0.5) is 0 Å². The molecule has 1 aliphatic rings. The molecular formula is C14H18INO. The molecule has 1 aromatic carbocycles. The Labute approximate surface area is 116 Å². The summed E-state index contributed by atoms with van der Waals surface area (Å²) in [7, 11) is 0. The first kappa shape index (κ1) is 12.9.